The quantitative estimate of drug-likeness (QED) is 0.627. The molecule has 0 bridgehead atoms. The highest BCUT2D eigenvalue weighted by Gasteiger charge is 2.39. The monoisotopic (exact) mass is 407 g/mol. The molecule has 2 heterocycles. The average Bonchev–Trinajstić information content (AvgIpc) is 3.03. The van der Waals surface area contributed by atoms with Gasteiger partial charge in [-0.3, -0.25) is 0 Å². The van der Waals surface area contributed by atoms with Crippen molar-refractivity contribution in [3.05, 3.63) is 65.6 Å². The van der Waals surface area contributed by atoms with Gasteiger partial charge in [-0.25, -0.2) is 4.39 Å². The molecule has 1 saturated heterocycles. The van der Waals surface area contributed by atoms with Gasteiger partial charge >= 0.3 is 0 Å². The van der Waals surface area contributed by atoms with Crippen LogP contribution in [-0.2, 0) is 6.42 Å². The van der Waals surface area contributed by atoms with Crippen LogP contribution in [0.25, 0.3) is 10.9 Å². The maximum Gasteiger partial charge on any atom is 0.123 e. The van der Waals surface area contributed by atoms with Gasteiger partial charge in [0.25, 0.3) is 0 Å². The molecule has 2 aliphatic rings. The molecule has 3 nitrogen and oxygen atoms in total. The predicted molar refractivity (Wildman–Crippen MR) is 114 cm³/mol. The van der Waals surface area contributed by atoms with Crippen LogP contribution in [0.2, 0.25) is 0 Å². The summed E-state index contributed by atoms with van der Waals surface area (Å²) in [6.07, 6.45) is 4.40. The highest BCUT2D eigenvalue weighted by Crippen LogP contribution is 2.43. The van der Waals surface area contributed by atoms with Crippen LogP contribution in [-0.4, -0.2) is 35.6 Å². The molecule has 1 aromatic heterocycles. The molecule has 1 aliphatic heterocycles. The first-order chi connectivity index (χ1) is 12.2. The summed E-state index contributed by atoms with van der Waals surface area (Å²) in [6, 6.07) is 14.2. The molecule has 1 fully saturated rings. The summed E-state index contributed by atoms with van der Waals surface area (Å²) in [7, 11) is 2.23. The Balaban J connectivity index is 0.00000105. The van der Waals surface area contributed by atoms with Gasteiger partial charge in [-0.2, -0.15) is 0 Å². The number of hydrogen-bond acceptors (Lipinski definition) is 2. The van der Waals surface area contributed by atoms with Crippen LogP contribution in [0.3, 0.4) is 0 Å². The molecule has 0 unspecified atom stereocenters. The average molecular weight is 408 g/mol. The lowest BCUT2D eigenvalue weighted by Crippen LogP contribution is -2.51. The fourth-order valence-electron chi connectivity index (χ4n) is 4.83. The minimum Gasteiger partial charge on any atom is -0.381 e. The summed E-state index contributed by atoms with van der Waals surface area (Å²) < 4.78 is 13.1. The second kappa shape index (κ2) is 7.70. The van der Waals surface area contributed by atoms with E-state index in [-0.39, 0.29) is 30.6 Å². The SMILES string of the molecule is CN1C[C@@H](Nc2ccc(F)cc2)C[C@H]2c3cccc4[nH]cc(c34)C[C@H]21.Cl.Cl. The van der Waals surface area contributed by atoms with Crippen molar-refractivity contribution in [1.82, 2.24) is 9.88 Å². The number of nitrogens with one attached hydrogen (secondary N) is 2. The number of aromatic amines is 1. The van der Waals surface area contributed by atoms with Gasteiger partial charge in [0.2, 0.25) is 0 Å². The van der Waals surface area contributed by atoms with Crippen molar-refractivity contribution in [2.24, 2.45) is 0 Å². The zero-order valence-electron chi connectivity index (χ0n) is 15.1. The van der Waals surface area contributed by atoms with E-state index in [1.54, 1.807) is 0 Å². The Bertz CT molecular complexity index is 925. The fraction of sp³-hybridized carbons (Fsp3) is 0.333. The third-order valence-corrected chi connectivity index (χ3v) is 5.94. The number of halogens is 3. The third kappa shape index (κ3) is 3.42. The van der Waals surface area contributed by atoms with Crippen LogP contribution in [0.1, 0.15) is 23.5 Å². The molecule has 27 heavy (non-hydrogen) atoms. The minimum absolute atomic E-state index is 0. The first kappa shape index (κ1) is 20.0. The Morgan fingerprint density at radius 2 is 1.89 bits per heavy atom. The Morgan fingerprint density at radius 1 is 1.11 bits per heavy atom. The van der Waals surface area contributed by atoms with Gasteiger partial charge in [0.1, 0.15) is 5.82 Å². The first-order valence-corrected chi connectivity index (χ1v) is 9.00. The van der Waals surface area contributed by atoms with E-state index in [1.807, 2.05) is 12.1 Å². The van der Waals surface area contributed by atoms with Crippen LogP contribution in [0.15, 0.2) is 48.7 Å². The molecule has 1 aliphatic carbocycles. The largest absolute Gasteiger partial charge is 0.381 e. The summed E-state index contributed by atoms with van der Waals surface area (Å²) in [5.74, 6) is 0.342. The van der Waals surface area contributed by atoms with E-state index in [2.05, 4.69) is 46.6 Å². The zero-order chi connectivity index (χ0) is 17.0. The molecule has 6 heteroatoms. The van der Waals surface area contributed by atoms with E-state index in [0.717, 1.165) is 25.1 Å². The van der Waals surface area contributed by atoms with Crippen molar-refractivity contribution < 1.29 is 4.39 Å². The van der Waals surface area contributed by atoms with Crippen molar-refractivity contribution in [3.63, 3.8) is 0 Å². The van der Waals surface area contributed by atoms with E-state index >= 15 is 0 Å². The number of anilines is 1. The fourth-order valence-corrected chi connectivity index (χ4v) is 4.83. The molecule has 0 saturated carbocycles. The first-order valence-electron chi connectivity index (χ1n) is 9.00. The van der Waals surface area contributed by atoms with Gasteiger partial charge in [-0.15, -0.1) is 24.8 Å². The second-order valence-electron chi connectivity index (χ2n) is 7.49. The molecular weight excluding hydrogens is 384 g/mol. The molecule has 5 rings (SSSR count). The molecule has 0 spiro atoms. The maximum absolute atomic E-state index is 13.1. The van der Waals surface area contributed by atoms with E-state index in [1.165, 1.54) is 34.2 Å². The predicted octanol–water partition coefficient (Wildman–Crippen LogP) is 4.98. The summed E-state index contributed by atoms with van der Waals surface area (Å²) in [6.45, 7) is 1.01. The lowest BCUT2D eigenvalue weighted by molar-refractivity contribution is 0.147. The Morgan fingerprint density at radius 3 is 2.67 bits per heavy atom. The number of likely N-dealkylation sites (N-methyl/N-ethyl adjacent to an activating group) is 1. The molecule has 3 aromatic rings. The number of H-pyrrole nitrogens is 1. The smallest absolute Gasteiger partial charge is 0.123 e. The van der Waals surface area contributed by atoms with Crippen molar-refractivity contribution in [2.75, 3.05) is 18.9 Å². The number of aromatic nitrogens is 1. The van der Waals surface area contributed by atoms with Crippen LogP contribution in [0.5, 0.6) is 0 Å². The molecular formula is C21H24Cl2FN3. The Kier molecular flexibility index (Phi) is 5.71. The maximum atomic E-state index is 13.1. The minimum atomic E-state index is -0.190. The van der Waals surface area contributed by atoms with E-state index < -0.39 is 0 Å². The van der Waals surface area contributed by atoms with E-state index in [4.69, 9.17) is 0 Å². The van der Waals surface area contributed by atoms with Crippen molar-refractivity contribution >= 4 is 41.4 Å². The number of nitrogens with zero attached hydrogens (tertiary/aromatic N) is 1. The molecule has 0 radical (unpaired) electrons. The third-order valence-electron chi connectivity index (χ3n) is 5.94. The molecule has 2 aromatic carbocycles. The summed E-state index contributed by atoms with van der Waals surface area (Å²) >= 11 is 0. The standard InChI is InChI=1S/C21H22FN3.2ClH/c1-25-12-16(24-15-7-5-14(22)6-8-15)10-18-17-3-2-4-19-21(17)13(11-23-19)9-20(18)25;;/h2-8,11,16,18,20,23-24H,9-10,12H2,1H3;2*1H/t16-,18-,20+;;/m0../s1. The number of likely N-dealkylation sites (tertiary alicyclic amines) is 1. The summed E-state index contributed by atoms with van der Waals surface area (Å²) in [4.78, 5) is 5.92. The van der Waals surface area contributed by atoms with Crippen LogP contribution < -0.4 is 5.32 Å². The van der Waals surface area contributed by atoms with Crippen LogP contribution >= 0.6 is 24.8 Å². The van der Waals surface area contributed by atoms with Gasteiger partial charge in [-0.1, -0.05) is 12.1 Å². The Hall–Kier alpha value is -1.75. The van der Waals surface area contributed by atoms with Gasteiger partial charge in [0, 0.05) is 47.3 Å². The number of hydrogen-bond donors (Lipinski definition) is 2. The topological polar surface area (TPSA) is 31.1 Å². The normalized spacial score (nSPS) is 23.9. The highest BCUT2D eigenvalue weighted by molar-refractivity contribution is 5.88. The van der Waals surface area contributed by atoms with Crippen molar-refractivity contribution in [2.45, 2.75) is 30.8 Å². The van der Waals surface area contributed by atoms with E-state index in [9.17, 15) is 4.39 Å². The van der Waals surface area contributed by atoms with E-state index in [0.29, 0.717) is 18.0 Å². The summed E-state index contributed by atoms with van der Waals surface area (Å²) in [5.41, 5.74) is 5.17. The molecule has 2 N–H and O–H groups in total. The van der Waals surface area contributed by atoms with Crippen molar-refractivity contribution in [3.8, 4) is 0 Å². The van der Waals surface area contributed by atoms with Gasteiger partial charge in [0.05, 0.1) is 0 Å². The van der Waals surface area contributed by atoms with Crippen molar-refractivity contribution in [1.29, 1.82) is 0 Å². The highest BCUT2D eigenvalue weighted by atomic mass is 35.5. The lowest BCUT2D eigenvalue weighted by atomic mass is 9.74. The number of benzene rings is 2. The van der Waals surface area contributed by atoms with Gasteiger partial charge in [0.15, 0.2) is 0 Å². The van der Waals surface area contributed by atoms with Crippen LogP contribution in [0.4, 0.5) is 10.1 Å². The number of rotatable bonds is 2. The Labute approximate surface area is 171 Å². The van der Waals surface area contributed by atoms with Gasteiger partial charge in [-0.05, 0) is 61.3 Å². The van der Waals surface area contributed by atoms with Gasteiger partial charge < -0.3 is 15.2 Å². The number of piperidine rings is 1. The van der Waals surface area contributed by atoms with Crippen LogP contribution in [0, 0.1) is 5.82 Å². The molecule has 0 amide bonds. The summed E-state index contributed by atoms with van der Waals surface area (Å²) in [5, 5.41) is 5.04. The lowest BCUT2D eigenvalue weighted by Gasteiger charge is -2.46. The molecule has 144 valence electrons. The number of fused-ring (bicyclic) bond motifs is 2. The molecule has 3 atom stereocenters. The zero-order valence-corrected chi connectivity index (χ0v) is 16.7. The second-order valence-corrected chi connectivity index (χ2v) is 7.49.